The van der Waals surface area contributed by atoms with Crippen LogP contribution in [-0.2, 0) is 4.74 Å². The molecule has 0 radical (unpaired) electrons. The van der Waals surface area contributed by atoms with Gasteiger partial charge in [0.15, 0.2) is 0 Å². The van der Waals surface area contributed by atoms with Gasteiger partial charge in [0.25, 0.3) is 5.69 Å². The molecule has 0 saturated heterocycles. The number of anilines is 1. The number of carbonyl (C=O) groups is 1. The molecule has 1 aromatic carbocycles. The zero-order valence-electron chi connectivity index (χ0n) is 10.7. The summed E-state index contributed by atoms with van der Waals surface area (Å²) in [4.78, 5) is 23.8. The van der Waals surface area contributed by atoms with Crippen LogP contribution in [0.2, 0.25) is 0 Å². The molecule has 0 unspecified atom stereocenters. The molecule has 0 bridgehead atoms. The van der Waals surface area contributed by atoms with Crippen molar-refractivity contribution in [1.29, 1.82) is 0 Å². The third-order valence-corrected chi connectivity index (χ3v) is 2.70. The number of benzene rings is 1. The zero-order valence-corrected chi connectivity index (χ0v) is 10.7. The minimum Gasteiger partial charge on any atom is -0.465 e. The van der Waals surface area contributed by atoms with Crippen molar-refractivity contribution in [2.24, 2.45) is 0 Å². The van der Waals surface area contributed by atoms with Gasteiger partial charge in [0, 0.05) is 25.2 Å². The maximum absolute atomic E-state index is 11.7. The molecule has 0 amide bonds. The first-order valence-corrected chi connectivity index (χ1v) is 5.66. The molecule has 1 aromatic rings. The first-order chi connectivity index (χ1) is 8.54. The van der Waals surface area contributed by atoms with E-state index >= 15 is 0 Å². The number of hydrogen-bond donors (Lipinski definition) is 0. The minimum atomic E-state index is -0.569. The number of carbonyl (C=O) groups excluding carboxylic acids is 1. The highest BCUT2D eigenvalue weighted by Gasteiger charge is 2.19. The first kappa shape index (κ1) is 14.0. The largest absolute Gasteiger partial charge is 0.465 e. The van der Waals surface area contributed by atoms with Gasteiger partial charge >= 0.3 is 5.97 Å². The van der Waals surface area contributed by atoms with Gasteiger partial charge in [0.2, 0.25) is 0 Å². The maximum atomic E-state index is 11.7. The summed E-state index contributed by atoms with van der Waals surface area (Å²) in [7, 11) is 1.26. The van der Waals surface area contributed by atoms with Crippen LogP contribution in [0, 0.1) is 10.1 Å². The van der Waals surface area contributed by atoms with E-state index in [2.05, 4.69) is 4.74 Å². The minimum absolute atomic E-state index is 0.119. The second-order valence-electron chi connectivity index (χ2n) is 3.62. The molecule has 6 nitrogen and oxygen atoms in total. The van der Waals surface area contributed by atoms with Crippen LogP contribution in [0.25, 0.3) is 0 Å². The van der Waals surface area contributed by atoms with E-state index in [1.807, 2.05) is 18.7 Å². The summed E-state index contributed by atoms with van der Waals surface area (Å²) in [6.07, 6.45) is 0. The lowest BCUT2D eigenvalue weighted by molar-refractivity contribution is -0.384. The van der Waals surface area contributed by atoms with Crippen LogP contribution < -0.4 is 4.90 Å². The van der Waals surface area contributed by atoms with E-state index in [1.165, 1.54) is 19.2 Å². The van der Waals surface area contributed by atoms with Crippen LogP contribution in [0.1, 0.15) is 24.2 Å². The van der Waals surface area contributed by atoms with Crippen molar-refractivity contribution >= 4 is 17.3 Å². The van der Waals surface area contributed by atoms with Crippen molar-refractivity contribution in [1.82, 2.24) is 0 Å². The van der Waals surface area contributed by atoms with Gasteiger partial charge in [0.05, 0.1) is 23.3 Å². The standard InChI is InChI=1S/C12H16N2O4/c1-4-13(5-2)11-7-6-9(14(16)17)8-10(11)12(15)18-3/h6-8H,4-5H2,1-3H3. The molecule has 98 valence electrons. The van der Waals surface area contributed by atoms with E-state index in [1.54, 1.807) is 6.07 Å². The predicted octanol–water partition coefficient (Wildman–Crippen LogP) is 2.23. The number of esters is 1. The van der Waals surface area contributed by atoms with E-state index < -0.39 is 10.9 Å². The van der Waals surface area contributed by atoms with Crippen LogP contribution in [-0.4, -0.2) is 31.1 Å². The lowest BCUT2D eigenvalue weighted by atomic mass is 10.1. The molecular formula is C12H16N2O4. The number of hydrogen-bond acceptors (Lipinski definition) is 5. The number of ether oxygens (including phenoxy) is 1. The molecule has 0 aliphatic heterocycles. The van der Waals surface area contributed by atoms with E-state index in [0.29, 0.717) is 18.8 Å². The summed E-state index contributed by atoms with van der Waals surface area (Å²) in [5.74, 6) is -0.569. The Hall–Kier alpha value is -2.11. The zero-order chi connectivity index (χ0) is 13.7. The Labute approximate surface area is 105 Å². The van der Waals surface area contributed by atoms with Gasteiger partial charge in [0.1, 0.15) is 0 Å². The van der Waals surface area contributed by atoms with Crippen molar-refractivity contribution < 1.29 is 14.5 Å². The van der Waals surface area contributed by atoms with Gasteiger partial charge in [-0.05, 0) is 19.9 Å². The summed E-state index contributed by atoms with van der Waals surface area (Å²) >= 11 is 0. The Balaban J connectivity index is 3.33. The average Bonchev–Trinajstić information content (AvgIpc) is 2.39. The fraction of sp³-hybridized carbons (Fsp3) is 0.417. The Morgan fingerprint density at radius 2 is 2.00 bits per heavy atom. The number of nitrogens with zero attached hydrogens (tertiary/aromatic N) is 2. The second-order valence-corrected chi connectivity index (χ2v) is 3.62. The van der Waals surface area contributed by atoms with Gasteiger partial charge < -0.3 is 9.64 Å². The maximum Gasteiger partial charge on any atom is 0.340 e. The second kappa shape index (κ2) is 6.00. The topological polar surface area (TPSA) is 72.7 Å². The average molecular weight is 252 g/mol. The Morgan fingerprint density at radius 1 is 1.39 bits per heavy atom. The lowest BCUT2D eigenvalue weighted by Crippen LogP contribution is -2.24. The number of rotatable bonds is 5. The number of nitro benzene ring substituents is 1. The van der Waals surface area contributed by atoms with E-state index in [-0.39, 0.29) is 11.3 Å². The van der Waals surface area contributed by atoms with E-state index in [4.69, 9.17) is 0 Å². The van der Waals surface area contributed by atoms with Crippen LogP contribution in [0.15, 0.2) is 18.2 Å². The molecule has 6 heteroatoms. The summed E-state index contributed by atoms with van der Waals surface area (Å²) in [6.45, 7) is 5.31. The fourth-order valence-electron chi connectivity index (χ4n) is 1.75. The van der Waals surface area contributed by atoms with E-state index in [9.17, 15) is 14.9 Å². The first-order valence-electron chi connectivity index (χ1n) is 5.66. The highest BCUT2D eigenvalue weighted by molar-refractivity contribution is 5.96. The summed E-state index contributed by atoms with van der Waals surface area (Å²) in [5.41, 5.74) is 0.749. The Morgan fingerprint density at radius 3 is 2.44 bits per heavy atom. The number of non-ortho nitro benzene ring substituents is 1. The van der Waals surface area contributed by atoms with Gasteiger partial charge in [-0.2, -0.15) is 0 Å². The van der Waals surface area contributed by atoms with Crippen molar-refractivity contribution in [3.05, 3.63) is 33.9 Å². The number of nitro groups is 1. The summed E-state index contributed by atoms with van der Waals surface area (Å²) in [5, 5.41) is 10.7. The lowest BCUT2D eigenvalue weighted by Gasteiger charge is -2.23. The van der Waals surface area contributed by atoms with Crippen molar-refractivity contribution in [2.75, 3.05) is 25.1 Å². The van der Waals surface area contributed by atoms with Crippen molar-refractivity contribution in [3.8, 4) is 0 Å². The van der Waals surface area contributed by atoms with Crippen LogP contribution >= 0.6 is 0 Å². The normalized spacial score (nSPS) is 9.94. The molecule has 18 heavy (non-hydrogen) atoms. The van der Waals surface area contributed by atoms with Gasteiger partial charge in [-0.25, -0.2) is 4.79 Å². The van der Waals surface area contributed by atoms with Crippen molar-refractivity contribution in [2.45, 2.75) is 13.8 Å². The third kappa shape index (κ3) is 2.77. The van der Waals surface area contributed by atoms with E-state index in [0.717, 1.165) is 0 Å². The molecule has 0 aromatic heterocycles. The highest BCUT2D eigenvalue weighted by atomic mass is 16.6. The summed E-state index contributed by atoms with van der Waals surface area (Å²) in [6, 6.07) is 4.22. The van der Waals surface area contributed by atoms with Gasteiger partial charge in [-0.15, -0.1) is 0 Å². The Kier molecular flexibility index (Phi) is 4.65. The SMILES string of the molecule is CCN(CC)c1ccc([N+](=O)[O-])cc1C(=O)OC. The fourth-order valence-corrected chi connectivity index (χ4v) is 1.75. The molecule has 0 N–H and O–H groups in total. The summed E-state index contributed by atoms with van der Waals surface area (Å²) < 4.78 is 4.66. The van der Waals surface area contributed by atoms with Crippen LogP contribution in [0.3, 0.4) is 0 Å². The molecule has 0 spiro atoms. The van der Waals surface area contributed by atoms with Crippen LogP contribution in [0.4, 0.5) is 11.4 Å². The molecule has 0 aliphatic rings. The highest BCUT2D eigenvalue weighted by Crippen LogP contribution is 2.26. The molecule has 0 aliphatic carbocycles. The number of methoxy groups -OCH3 is 1. The third-order valence-electron chi connectivity index (χ3n) is 2.70. The van der Waals surface area contributed by atoms with Gasteiger partial charge in [-0.3, -0.25) is 10.1 Å². The quantitative estimate of drug-likeness (QED) is 0.456. The van der Waals surface area contributed by atoms with Crippen LogP contribution in [0.5, 0.6) is 0 Å². The predicted molar refractivity (Wildman–Crippen MR) is 68.0 cm³/mol. The smallest absolute Gasteiger partial charge is 0.340 e. The molecule has 0 fully saturated rings. The molecular weight excluding hydrogens is 236 g/mol. The molecule has 0 atom stereocenters. The molecule has 1 rings (SSSR count). The van der Waals surface area contributed by atoms with Gasteiger partial charge in [-0.1, -0.05) is 0 Å². The van der Waals surface area contributed by atoms with Crippen molar-refractivity contribution in [3.63, 3.8) is 0 Å². The molecule has 0 heterocycles. The Bertz CT molecular complexity index is 455. The molecule has 0 saturated carbocycles. The monoisotopic (exact) mass is 252 g/mol.